The van der Waals surface area contributed by atoms with Crippen LogP contribution in [0.4, 0.5) is 5.69 Å². The number of ether oxygens (including phenoxy) is 2. The molecule has 1 aromatic heterocycles. The van der Waals surface area contributed by atoms with Crippen LogP contribution in [0.5, 0.6) is 5.75 Å². The first-order valence-corrected chi connectivity index (χ1v) is 9.29. The number of hydrogen-bond donors (Lipinski definition) is 1. The monoisotopic (exact) mass is 412 g/mol. The predicted molar refractivity (Wildman–Crippen MR) is 113 cm³/mol. The molecule has 6 nitrogen and oxygen atoms in total. The van der Waals surface area contributed by atoms with E-state index in [2.05, 4.69) is 0 Å². The Bertz CT molecular complexity index is 1080. The molecule has 2 N–H and O–H groups in total. The van der Waals surface area contributed by atoms with E-state index in [1.165, 1.54) is 31.0 Å². The zero-order valence-electron chi connectivity index (χ0n) is 16.1. The average molecular weight is 413 g/mol. The molecule has 0 amide bonds. The van der Waals surface area contributed by atoms with Crippen molar-refractivity contribution >= 4 is 23.3 Å². The molecule has 0 bridgehead atoms. The summed E-state index contributed by atoms with van der Waals surface area (Å²) in [5.74, 6) is -0.131. The number of pyridine rings is 1. The Hall–Kier alpha value is -3.25. The fourth-order valence-corrected chi connectivity index (χ4v) is 3.35. The van der Waals surface area contributed by atoms with Crippen molar-refractivity contribution in [1.82, 2.24) is 4.57 Å². The maximum atomic E-state index is 13.0. The van der Waals surface area contributed by atoms with Gasteiger partial charge in [0, 0.05) is 34.3 Å². The minimum Gasteiger partial charge on any atom is -0.495 e. The third kappa shape index (κ3) is 4.43. The number of hydrogen-bond acceptors (Lipinski definition) is 5. The molecular formula is C22H21ClN2O4. The number of anilines is 1. The van der Waals surface area contributed by atoms with Gasteiger partial charge in [-0.2, -0.15) is 0 Å². The molecule has 1 unspecified atom stereocenters. The number of rotatable bonds is 6. The van der Waals surface area contributed by atoms with Gasteiger partial charge in [0.15, 0.2) is 0 Å². The smallest absolute Gasteiger partial charge is 0.329 e. The van der Waals surface area contributed by atoms with Gasteiger partial charge >= 0.3 is 5.97 Å². The van der Waals surface area contributed by atoms with E-state index in [0.717, 1.165) is 5.56 Å². The molecule has 0 saturated heterocycles. The lowest BCUT2D eigenvalue weighted by Gasteiger charge is -2.20. The van der Waals surface area contributed by atoms with Crippen molar-refractivity contribution in [3.8, 4) is 16.9 Å². The van der Waals surface area contributed by atoms with Crippen LogP contribution in [0.25, 0.3) is 11.1 Å². The Morgan fingerprint density at radius 1 is 1.10 bits per heavy atom. The second-order valence-electron chi connectivity index (χ2n) is 6.46. The van der Waals surface area contributed by atoms with Crippen molar-refractivity contribution < 1.29 is 14.3 Å². The Labute approximate surface area is 173 Å². The molecule has 3 rings (SSSR count). The number of nitrogens with two attached hydrogens (primary N) is 1. The number of benzene rings is 2. The van der Waals surface area contributed by atoms with Crippen molar-refractivity contribution in [2.45, 2.75) is 12.5 Å². The maximum Gasteiger partial charge on any atom is 0.329 e. The SMILES string of the molecule is COC(=O)C(Cc1ccccc1)n1cc(OC)c(-c2cc(Cl)ccc2N)cc1=O. The number of nitrogens with zero attached hydrogens (tertiary/aromatic N) is 1. The lowest BCUT2D eigenvalue weighted by atomic mass is 10.0. The molecule has 0 spiro atoms. The summed E-state index contributed by atoms with van der Waals surface area (Å²) in [5.41, 5.74) is 8.12. The molecule has 0 aliphatic heterocycles. The highest BCUT2D eigenvalue weighted by atomic mass is 35.5. The zero-order chi connectivity index (χ0) is 21.0. The van der Waals surface area contributed by atoms with Crippen molar-refractivity contribution in [1.29, 1.82) is 0 Å². The van der Waals surface area contributed by atoms with E-state index >= 15 is 0 Å². The standard InChI is InChI=1S/C22H21ClN2O4/c1-28-20-13-25(19(22(27)29-2)10-14-6-4-3-5-7-14)21(26)12-17(20)16-11-15(23)8-9-18(16)24/h3-9,11-13,19H,10,24H2,1-2H3. The van der Waals surface area contributed by atoms with Gasteiger partial charge in [0.05, 0.1) is 20.4 Å². The Morgan fingerprint density at radius 2 is 1.83 bits per heavy atom. The summed E-state index contributed by atoms with van der Waals surface area (Å²) in [4.78, 5) is 25.4. The number of nitrogen functional groups attached to an aromatic ring is 1. The Balaban J connectivity index is 2.12. The largest absolute Gasteiger partial charge is 0.495 e. The number of esters is 1. The molecule has 150 valence electrons. The number of aromatic nitrogens is 1. The molecule has 0 radical (unpaired) electrons. The molecule has 0 aliphatic rings. The number of carbonyl (C=O) groups is 1. The summed E-state index contributed by atoms with van der Waals surface area (Å²) in [7, 11) is 2.78. The quantitative estimate of drug-likeness (QED) is 0.492. The second kappa shape index (κ2) is 8.84. The number of methoxy groups -OCH3 is 2. The van der Waals surface area contributed by atoms with E-state index in [4.69, 9.17) is 26.8 Å². The fraction of sp³-hybridized carbons (Fsp3) is 0.182. The average Bonchev–Trinajstić information content (AvgIpc) is 2.74. The molecule has 0 aliphatic carbocycles. The van der Waals surface area contributed by atoms with Gasteiger partial charge in [-0.3, -0.25) is 9.36 Å². The lowest BCUT2D eigenvalue weighted by Crippen LogP contribution is -2.31. The van der Waals surface area contributed by atoms with E-state index < -0.39 is 12.0 Å². The number of halogens is 1. The van der Waals surface area contributed by atoms with Crippen LogP contribution in [0.3, 0.4) is 0 Å². The molecule has 1 heterocycles. The predicted octanol–water partition coefficient (Wildman–Crippen LogP) is 3.72. The highest BCUT2D eigenvalue weighted by molar-refractivity contribution is 6.31. The van der Waals surface area contributed by atoms with Crippen LogP contribution >= 0.6 is 11.6 Å². The molecule has 29 heavy (non-hydrogen) atoms. The maximum absolute atomic E-state index is 13.0. The van der Waals surface area contributed by atoms with Gasteiger partial charge in [-0.15, -0.1) is 0 Å². The molecular weight excluding hydrogens is 392 g/mol. The minimum absolute atomic E-state index is 0.301. The molecule has 3 aromatic rings. The van der Waals surface area contributed by atoms with E-state index in [9.17, 15) is 9.59 Å². The summed E-state index contributed by atoms with van der Waals surface area (Å²) in [5, 5.41) is 0.483. The first-order chi connectivity index (χ1) is 13.9. The zero-order valence-corrected chi connectivity index (χ0v) is 16.8. The van der Waals surface area contributed by atoms with Gasteiger partial charge in [0.1, 0.15) is 11.8 Å². The van der Waals surface area contributed by atoms with E-state index in [1.807, 2.05) is 30.3 Å². The van der Waals surface area contributed by atoms with Gasteiger partial charge in [-0.1, -0.05) is 41.9 Å². The lowest BCUT2D eigenvalue weighted by molar-refractivity contribution is -0.144. The van der Waals surface area contributed by atoms with Crippen LogP contribution in [0.15, 0.2) is 65.6 Å². The summed E-state index contributed by atoms with van der Waals surface area (Å²) in [6.45, 7) is 0. The van der Waals surface area contributed by atoms with Gasteiger partial charge in [0.2, 0.25) is 0 Å². The summed E-state index contributed by atoms with van der Waals surface area (Å²) in [6.07, 6.45) is 1.80. The van der Waals surface area contributed by atoms with Crippen LogP contribution in [-0.2, 0) is 16.0 Å². The second-order valence-corrected chi connectivity index (χ2v) is 6.90. The van der Waals surface area contributed by atoms with Crippen LogP contribution in [0.1, 0.15) is 11.6 Å². The van der Waals surface area contributed by atoms with Crippen molar-refractivity contribution in [3.63, 3.8) is 0 Å². The van der Waals surface area contributed by atoms with Crippen LogP contribution in [0.2, 0.25) is 5.02 Å². The molecule has 1 atom stereocenters. The molecule has 2 aromatic carbocycles. The van der Waals surface area contributed by atoms with Crippen molar-refractivity contribution in [2.75, 3.05) is 20.0 Å². The third-order valence-corrected chi connectivity index (χ3v) is 4.89. The summed E-state index contributed by atoms with van der Waals surface area (Å²) in [6, 6.07) is 15.0. The van der Waals surface area contributed by atoms with E-state index in [-0.39, 0.29) is 5.56 Å². The highest BCUT2D eigenvalue weighted by Crippen LogP contribution is 2.35. The topological polar surface area (TPSA) is 83.6 Å². The Kier molecular flexibility index (Phi) is 6.24. The summed E-state index contributed by atoms with van der Waals surface area (Å²) >= 11 is 6.09. The van der Waals surface area contributed by atoms with E-state index in [1.54, 1.807) is 18.2 Å². The van der Waals surface area contributed by atoms with Gasteiger partial charge in [-0.05, 0) is 23.8 Å². The first-order valence-electron chi connectivity index (χ1n) is 8.92. The number of carbonyl (C=O) groups excluding carboxylic acids is 1. The molecule has 0 saturated carbocycles. The molecule has 7 heteroatoms. The fourth-order valence-electron chi connectivity index (χ4n) is 3.18. The van der Waals surface area contributed by atoms with Gasteiger partial charge in [0.25, 0.3) is 5.56 Å². The normalized spacial score (nSPS) is 11.7. The molecule has 0 fully saturated rings. The van der Waals surface area contributed by atoms with E-state index in [0.29, 0.717) is 34.0 Å². The van der Waals surface area contributed by atoms with Gasteiger partial charge in [-0.25, -0.2) is 4.79 Å². The third-order valence-electron chi connectivity index (χ3n) is 4.65. The highest BCUT2D eigenvalue weighted by Gasteiger charge is 2.25. The van der Waals surface area contributed by atoms with Crippen molar-refractivity contribution in [2.24, 2.45) is 0 Å². The summed E-state index contributed by atoms with van der Waals surface area (Å²) < 4.78 is 11.8. The van der Waals surface area contributed by atoms with Crippen molar-refractivity contribution in [3.05, 3.63) is 81.7 Å². The van der Waals surface area contributed by atoms with Crippen LogP contribution in [0, 0.1) is 0 Å². The van der Waals surface area contributed by atoms with Crippen LogP contribution in [-0.4, -0.2) is 24.8 Å². The Morgan fingerprint density at radius 3 is 2.48 bits per heavy atom. The minimum atomic E-state index is -0.838. The first kappa shape index (κ1) is 20.5. The van der Waals surface area contributed by atoms with Crippen LogP contribution < -0.4 is 16.0 Å². The van der Waals surface area contributed by atoms with Gasteiger partial charge < -0.3 is 15.2 Å².